The molecule has 0 saturated carbocycles. The first kappa shape index (κ1) is 23.2. The highest BCUT2D eigenvalue weighted by Crippen LogP contribution is 2.31. The van der Waals surface area contributed by atoms with Crippen molar-refractivity contribution in [1.82, 2.24) is 14.4 Å². The molecule has 0 amide bonds. The molecule has 10 heteroatoms. The molecule has 33 heavy (non-hydrogen) atoms. The van der Waals surface area contributed by atoms with Gasteiger partial charge in [-0.1, -0.05) is 17.3 Å². The second kappa shape index (κ2) is 9.11. The maximum absolute atomic E-state index is 13.3. The van der Waals surface area contributed by atoms with Gasteiger partial charge >= 0.3 is 6.01 Å². The summed E-state index contributed by atoms with van der Waals surface area (Å²) in [6.45, 7) is 7.73. The Morgan fingerprint density at radius 3 is 2.27 bits per heavy atom. The van der Waals surface area contributed by atoms with Crippen LogP contribution in [0.1, 0.15) is 32.2 Å². The van der Waals surface area contributed by atoms with Crippen LogP contribution in [0.15, 0.2) is 57.9 Å². The minimum Gasteiger partial charge on any atom is -0.494 e. The molecule has 0 atom stereocenters. The molecule has 0 N–H and O–H groups in total. The lowest BCUT2D eigenvalue weighted by Crippen LogP contribution is -2.48. The van der Waals surface area contributed by atoms with E-state index in [1.54, 1.807) is 36.4 Å². The molecule has 1 aromatic heterocycles. The molecule has 8 nitrogen and oxygen atoms in total. The van der Waals surface area contributed by atoms with Crippen LogP contribution in [0.25, 0.3) is 0 Å². The molecule has 0 bridgehead atoms. The van der Waals surface area contributed by atoms with Gasteiger partial charge in [0.15, 0.2) is 5.82 Å². The molecule has 2 heterocycles. The Hall–Kier alpha value is -2.98. The van der Waals surface area contributed by atoms with Gasteiger partial charge in [0.25, 0.3) is 0 Å². The Morgan fingerprint density at radius 1 is 1.03 bits per heavy atom. The molecule has 1 fully saturated rings. The van der Waals surface area contributed by atoms with Crippen molar-refractivity contribution in [3.8, 4) is 5.75 Å². The van der Waals surface area contributed by atoms with Crippen molar-refractivity contribution in [2.24, 2.45) is 0 Å². The number of nitrogens with zero attached hydrogens (tertiary/aromatic N) is 4. The summed E-state index contributed by atoms with van der Waals surface area (Å²) >= 11 is 0. The van der Waals surface area contributed by atoms with E-state index in [2.05, 4.69) is 10.1 Å². The Labute approximate surface area is 193 Å². The lowest BCUT2D eigenvalue weighted by Gasteiger charge is -2.32. The summed E-state index contributed by atoms with van der Waals surface area (Å²) in [5, 5.41) is 4.14. The summed E-state index contributed by atoms with van der Waals surface area (Å²) in [5.41, 5.74) is 0.288. The number of aromatic nitrogens is 2. The molecular weight excluding hydrogens is 447 g/mol. The van der Waals surface area contributed by atoms with E-state index < -0.39 is 15.4 Å². The maximum Gasteiger partial charge on any atom is 0.324 e. The molecule has 4 rings (SSSR count). The lowest BCUT2D eigenvalue weighted by molar-refractivity contribution is 0.339. The molecule has 0 unspecified atom stereocenters. The zero-order chi connectivity index (χ0) is 23.6. The summed E-state index contributed by atoms with van der Waals surface area (Å²) in [6, 6.07) is 13.0. The van der Waals surface area contributed by atoms with E-state index in [1.807, 2.05) is 25.7 Å². The van der Waals surface area contributed by atoms with Crippen LogP contribution in [0.4, 0.5) is 10.4 Å². The molecule has 0 aliphatic carbocycles. The quantitative estimate of drug-likeness (QED) is 0.518. The van der Waals surface area contributed by atoms with Crippen LogP contribution in [0.2, 0.25) is 0 Å². The van der Waals surface area contributed by atoms with Crippen LogP contribution < -0.4 is 9.64 Å². The molecule has 0 radical (unpaired) electrons. The van der Waals surface area contributed by atoms with E-state index in [4.69, 9.17) is 9.26 Å². The number of halogens is 1. The van der Waals surface area contributed by atoms with E-state index in [0.29, 0.717) is 50.4 Å². The topological polar surface area (TPSA) is 88.8 Å². The third-order valence-corrected chi connectivity index (χ3v) is 7.73. The van der Waals surface area contributed by atoms with Crippen LogP contribution in [-0.4, -0.2) is 55.6 Å². The summed E-state index contributed by atoms with van der Waals surface area (Å²) < 4.78 is 51.6. The monoisotopic (exact) mass is 474 g/mol. The van der Waals surface area contributed by atoms with Crippen LogP contribution in [-0.2, 0) is 15.4 Å². The number of ether oxygens (including phenoxy) is 1. The van der Waals surface area contributed by atoms with Crippen molar-refractivity contribution in [1.29, 1.82) is 0 Å². The van der Waals surface area contributed by atoms with E-state index in [9.17, 15) is 12.8 Å². The fourth-order valence-corrected chi connectivity index (χ4v) is 5.16. The molecule has 1 saturated heterocycles. The normalized spacial score (nSPS) is 15.6. The molecule has 3 aromatic rings. The molecule has 176 valence electrons. The highest BCUT2D eigenvalue weighted by molar-refractivity contribution is 7.89. The number of piperazine rings is 1. The number of rotatable bonds is 7. The van der Waals surface area contributed by atoms with E-state index in [1.165, 1.54) is 16.4 Å². The predicted octanol–water partition coefficient (Wildman–Crippen LogP) is 3.44. The summed E-state index contributed by atoms with van der Waals surface area (Å²) in [7, 11) is -3.60. The second-order valence-corrected chi connectivity index (χ2v) is 10.3. The summed E-state index contributed by atoms with van der Waals surface area (Å²) in [4.78, 5) is 6.66. The highest BCUT2D eigenvalue weighted by atomic mass is 32.2. The molecule has 0 spiro atoms. The summed E-state index contributed by atoms with van der Waals surface area (Å²) in [5.74, 6) is 0.812. The van der Waals surface area contributed by atoms with Gasteiger partial charge in [-0.25, -0.2) is 12.8 Å². The SMILES string of the molecule is CCOc1ccc(S(=O)(=O)N2CCN(c3nc(C(C)(C)c4ccc(F)cc4)no3)CC2)cc1. The van der Waals surface area contributed by atoms with Gasteiger partial charge in [0.1, 0.15) is 11.6 Å². The van der Waals surface area contributed by atoms with Crippen LogP contribution >= 0.6 is 0 Å². The van der Waals surface area contributed by atoms with Gasteiger partial charge in [-0.2, -0.15) is 9.29 Å². The zero-order valence-corrected chi connectivity index (χ0v) is 19.7. The van der Waals surface area contributed by atoms with Gasteiger partial charge in [-0.3, -0.25) is 0 Å². The van der Waals surface area contributed by atoms with E-state index in [-0.39, 0.29) is 10.7 Å². The van der Waals surface area contributed by atoms with Crippen LogP contribution in [0, 0.1) is 5.82 Å². The average Bonchev–Trinajstić information content (AvgIpc) is 3.31. The van der Waals surface area contributed by atoms with Crippen molar-refractivity contribution in [2.45, 2.75) is 31.1 Å². The Kier molecular flexibility index (Phi) is 6.40. The first-order chi connectivity index (χ1) is 15.7. The largest absolute Gasteiger partial charge is 0.494 e. The Balaban J connectivity index is 1.43. The Morgan fingerprint density at radius 2 is 1.67 bits per heavy atom. The highest BCUT2D eigenvalue weighted by Gasteiger charge is 2.33. The first-order valence-electron chi connectivity index (χ1n) is 10.8. The van der Waals surface area contributed by atoms with Crippen molar-refractivity contribution >= 4 is 16.0 Å². The molecule has 1 aliphatic rings. The van der Waals surface area contributed by atoms with Crippen molar-refractivity contribution < 1.29 is 22.1 Å². The minimum atomic E-state index is -3.60. The minimum absolute atomic E-state index is 0.237. The second-order valence-electron chi connectivity index (χ2n) is 8.33. The van der Waals surface area contributed by atoms with Crippen LogP contribution in [0.3, 0.4) is 0 Å². The van der Waals surface area contributed by atoms with Crippen molar-refractivity contribution in [3.63, 3.8) is 0 Å². The third-order valence-electron chi connectivity index (χ3n) is 5.82. The number of benzene rings is 2. The van der Waals surface area contributed by atoms with Gasteiger partial charge in [0.2, 0.25) is 10.0 Å². The Bertz CT molecular complexity index is 1190. The van der Waals surface area contributed by atoms with Gasteiger partial charge < -0.3 is 14.2 Å². The molecule has 2 aromatic carbocycles. The lowest BCUT2D eigenvalue weighted by atomic mass is 9.84. The third kappa shape index (κ3) is 4.72. The number of sulfonamides is 1. The van der Waals surface area contributed by atoms with E-state index in [0.717, 1.165) is 5.56 Å². The van der Waals surface area contributed by atoms with E-state index >= 15 is 0 Å². The maximum atomic E-state index is 13.3. The van der Waals surface area contributed by atoms with Gasteiger partial charge in [-0.15, -0.1) is 0 Å². The van der Waals surface area contributed by atoms with Crippen molar-refractivity contribution in [2.75, 3.05) is 37.7 Å². The van der Waals surface area contributed by atoms with Crippen molar-refractivity contribution in [3.05, 3.63) is 65.7 Å². The fraction of sp³-hybridized carbons (Fsp3) is 0.391. The predicted molar refractivity (Wildman–Crippen MR) is 121 cm³/mol. The van der Waals surface area contributed by atoms with Gasteiger partial charge in [-0.05, 0) is 62.7 Å². The zero-order valence-electron chi connectivity index (χ0n) is 18.9. The smallest absolute Gasteiger partial charge is 0.324 e. The molecule has 1 aliphatic heterocycles. The van der Waals surface area contributed by atoms with Gasteiger partial charge in [0, 0.05) is 26.2 Å². The standard InChI is InChI=1S/C23H27FN4O4S/c1-4-31-19-9-11-20(12-10-19)33(29,30)28-15-13-27(14-16-28)22-25-21(26-32-22)23(2,3)17-5-7-18(24)8-6-17/h5-12H,4,13-16H2,1-3H3. The fourth-order valence-electron chi connectivity index (χ4n) is 3.74. The van der Waals surface area contributed by atoms with Crippen LogP contribution in [0.5, 0.6) is 5.75 Å². The van der Waals surface area contributed by atoms with Gasteiger partial charge in [0.05, 0.1) is 16.9 Å². The summed E-state index contributed by atoms with van der Waals surface area (Å²) in [6.07, 6.45) is 0. The number of anilines is 1. The molecular formula is C23H27FN4O4S. The number of hydrogen-bond donors (Lipinski definition) is 0. The number of hydrogen-bond acceptors (Lipinski definition) is 7. The first-order valence-corrected chi connectivity index (χ1v) is 12.2. The average molecular weight is 475 g/mol.